The van der Waals surface area contributed by atoms with Crippen LogP contribution in [0.5, 0.6) is 0 Å². The van der Waals surface area contributed by atoms with Crippen molar-refractivity contribution < 1.29 is 0 Å². The summed E-state index contributed by atoms with van der Waals surface area (Å²) in [6.45, 7) is 19.7. The van der Waals surface area contributed by atoms with Crippen molar-refractivity contribution >= 4 is 0 Å². The van der Waals surface area contributed by atoms with Crippen LogP contribution in [0.4, 0.5) is 0 Å². The summed E-state index contributed by atoms with van der Waals surface area (Å²) in [5.41, 5.74) is 0.645. The minimum Gasteiger partial charge on any atom is -0.0654 e. The van der Waals surface area contributed by atoms with E-state index in [4.69, 9.17) is 0 Å². The minimum absolute atomic E-state index is 0.645. The summed E-state index contributed by atoms with van der Waals surface area (Å²) in [5, 5.41) is 0. The molecule has 0 heterocycles. The smallest absolute Gasteiger partial charge is 0.0320 e. The van der Waals surface area contributed by atoms with Crippen LogP contribution in [-0.4, -0.2) is 0 Å². The van der Waals surface area contributed by atoms with E-state index in [0.29, 0.717) is 5.41 Å². The van der Waals surface area contributed by atoms with Gasteiger partial charge in [-0.15, -0.1) is 0 Å². The third-order valence-corrected chi connectivity index (χ3v) is 7.88. The first-order valence-electron chi connectivity index (χ1n) is 11.2. The monoisotopic (exact) mass is 334 g/mol. The summed E-state index contributed by atoms with van der Waals surface area (Å²) < 4.78 is 0. The van der Waals surface area contributed by atoms with Crippen LogP contribution in [-0.2, 0) is 0 Å². The number of rotatable bonds is 11. The van der Waals surface area contributed by atoms with E-state index < -0.39 is 0 Å². The average molecular weight is 335 g/mol. The van der Waals surface area contributed by atoms with Gasteiger partial charge in [-0.1, -0.05) is 74.7 Å². The van der Waals surface area contributed by atoms with Crippen molar-refractivity contribution in [1.82, 2.24) is 0 Å². The van der Waals surface area contributed by atoms with Crippen molar-refractivity contribution in [3.05, 3.63) is 0 Å². The summed E-state index contributed by atoms with van der Waals surface area (Å²) >= 11 is 0. The summed E-state index contributed by atoms with van der Waals surface area (Å²) in [6.07, 6.45) is 10.2. The van der Waals surface area contributed by atoms with E-state index in [1.165, 1.54) is 38.5 Å². The maximum absolute atomic E-state index is 2.56. The van der Waals surface area contributed by atoms with Crippen molar-refractivity contribution in [2.24, 2.45) is 52.8 Å². The van der Waals surface area contributed by atoms with Crippen molar-refractivity contribution in [3.63, 3.8) is 0 Å². The van der Waals surface area contributed by atoms with E-state index in [1.807, 2.05) is 0 Å². The maximum Gasteiger partial charge on any atom is -0.0320 e. The molecule has 2 rings (SSSR count). The zero-order valence-corrected chi connectivity index (χ0v) is 18.1. The van der Waals surface area contributed by atoms with Gasteiger partial charge in [-0.05, 0) is 78.4 Å². The lowest BCUT2D eigenvalue weighted by molar-refractivity contribution is 0.215. The summed E-state index contributed by atoms with van der Waals surface area (Å²) in [4.78, 5) is 0. The summed E-state index contributed by atoms with van der Waals surface area (Å²) in [5.74, 6) is 7.87. The molecule has 0 aromatic rings. The molecule has 0 aromatic heterocycles. The highest BCUT2D eigenvalue weighted by molar-refractivity contribution is 5.06. The van der Waals surface area contributed by atoms with Crippen LogP contribution in [0.1, 0.15) is 100 Å². The molecule has 0 spiro atoms. The van der Waals surface area contributed by atoms with Crippen LogP contribution in [0, 0.1) is 52.8 Å². The largest absolute Gasteiger partial charge is 0.0654 e. The Balaban J connectivity index is 1.94. The summed E-state index contributed by atoms with van der Waals surface area (Å²) in [7, 11) is 0. The molecule has 7 atom stereocenters. The van der Waals surface area contributed by atoms with E-state index in [0.717, 1.165) is 47.3 Å². The highest BCUT2D eigenvalue weighted by Crippen LogP contribution is 2.65. The van der Waals surface area contributed by atoms with E-state index in [1.54, 1.807) is 6.42 Å². The molecule has 0 heteroatoms. The predicted molar refractivity (Wildman–Crippen MR) is 108 cm³/mol. The molecular formula is C24H46. The van der Waals surface area contributed by atoms with Crippen molar-refractivity contribution in [1.29, 1.82) is 0 Å². The molecular weight excluding hydrogens is 288 g/mol. The fourth-order valence-corrected chi connectivity index (χ4v) is 5.94. The molecule has 0 saturated heterocycles. The van der Waals surface area contributed by atoms with Crippen LogP contribution < -0.4 is 0 Å². The van der Waals surface area contributed by atoms with Crippen molar-refractivity contribution in [3.8, 4) is 0 Å². The Bertz CT molecular complexity index is 379. The molecule has 0 aromatic carbocycles. The van der Waals surface area contributed by atoms with E-state index >= 15 is 0 Å². The molecule has 0 nitrogen and oxygen atoms in total. The van der Waals surface area contributed by atoms with Gasteiger partial charge in [-0.3, -0.25) is 0 Å². The van der Waals surface area contributed by atoms with Gasteiger partial charge in [0.1, 0.15) is 0 Å². The van der Waals surface area contributed by atoms with Gasteiger partial charge in [0.15, 0.2) is 0 Å². The van der Waals surface area contributed by atoms with Gasteiger partial charge in [-0.2, -0.15) is 0 Å². The Morgan fingerprint density at radius 2 is 1.58 bits per heavy atom. The van der Waals surface area contributed by atoms with Crippen LogP contribution in [0.2, 0.25) is 0 Å². The molecule has 2 fully saturated rings. The van der Waals surface area contributed by atoms with Gasteiger partial charge < -0.3 is 0 Å². The molecule has 0 amide bonds. The van der Waals surface area contributed by atoms with Gasteiger partial charge in [-0.25, -0.2) is 0 Å². The van der Waals surface area contributed by atoms with Gasteiger partial charge >= 0.3 is 0 Å². The molecule has 2 saturated carbocycles. The Hall–Kier alpha value is 0. The van der Waals surface area contributed by atoms with E-state index in [2.05, 4.69) is 55.4 Å². The third-order valence-electron chi connectivity index (χ3n) is 7.88. The van der Waals surface area contributed by atoms with Crippen LogP contribution in [0.25, 0.3) is 0 Å². The lowest BCUT2D eigenvalue weighted by Crippen LogP contribution is -2.20. The normalized spacial score (nSPS) is 33.1. The minimum atomic E-state index is 0.645. The zero-order chi connectivity index (χ0) is 18.1. The first-order valence-corrected chi connectivity index (χ1v) is 11.2. The standard InChI is InChI=1S/C24H46/c1-9-11-17(5)12-18(6)20-14-21(20)22(23-15-24(23,7)8)13-19(10-2)16(3)4/h16-23H,9-15H2,1-8H3. The molecule has 2 aliphatic carbocycles. The predicted octanol–water partition coefficient (Wildman–Crippen LogP) is 7.82. The SMILES string of the molecule is CCCC(C)CC(C)C1CC1C(CC(CC)C(C)C)C1CC1(C)C. The Kier molecular flexibility index (Phi) is 6.88. The van der Waals surface area contributed by atoms with Crippen LogP contribution >= 0.6 is 0 Å². The quantitative estimate of drug-likeness (QED) is 0.361. The van der Waals surface area contributed by atoms with Gasteiger partial charge in [0.25, 0.3) is 0 Å². The molecule has 0 N–H and O–H groups in total. The topological polar surface area (TPSA) is 0 Å². The average Bonchev–Trinajstić information content (AvgIpc) is 3.37. The van der Waals surface area contributed by atoms with E-state index in [9.17, 15) is 0 Å². The number of hydrogen-bond acceptors (Lipinski definition) is 0. The maximum atomic E-state index is 2.56. The van der Waals surface area contributed by atoms with Crippen LogP contribution in [0.15, 0.2) is 0 Å². The highest BCUT2D eigenvalue weighted by Gasteiger charge is 2.57. The van der Waals surface area contributed by atoms with Gasteiger partial charge in [0.05, 0.1) is 0 Å². The molecule has 7 unspecified atom stereocenters. The second kappa shape index (κ2) is 8.13. The van der Waals surface area contributed by atoms with Gasteiger partial charge in [0, 0.05) is 0 Å². The van der Waals surface area contributed by atoms with Gasteiger partial charge in [0.2, 0.25) is 0 Å². The highest BCUT2D eigenvalue weighted by atomic mass is 14.6. The molecule has 0 bridgehead atoms. The molecule has 142 valence electrons. The fourth-order valence-electron chi connectivity index (χ4n) is 5.94. The first-order chi connectivity index (χ1) is 11.2. The third kappa shape index (κ3) is 5.01. The molecule has 0 radical (unpaired) electrons. The Labute approximate surface area is 153 Å². The van der Waals surface area contributed by atoms with Crippen molar-refractivity contribution in [2.45, 2.75) is 100 Å². The van der Waals surface area contributed by atoms with Crippen molar-refractivity contribution in [2.75, 3.05) is 0 Å². The lowest BCUT2D eigenvalue weighted by atomic mass is 9.77. The zero-order valence-electron chi connectivity index (χ0n) is 18.1. The fraction of sp³-hybridized carbons (Fsp3) is 1.00. The molecule has 2 aliphatic rings. The number of hydrogen-bond donors (Lipinski definition) is 0. The molecule has 24 heavy (non-hydrogen) atoms. The van der Waals surface area contributed by atoms with E-state index in [-0.39, 0.29) is 0 Å². The second-order valence-electron chi connectivity index (χ2n) is 10.8. The molecule has 0 aliphatic heterocycles. The first kappa shape index (κ1) is 20.3. The lowest BCUT2D eigenvalue weighted by Gasteiger charge is -2.28. The Morgan fingerprint density at radius 3 is 2.04 bits per heavy atom. The Morgan fingerprint density at radius 1 is 0.958 bits per heavy atom. The van der Waals surface area contributed by atoms with Crippen LogP contribution in [0.3, 0.4) is 0 Å². The summed E-state index contributed by atoms with van der Waals surface area (Å²) in [6, 6.07) is 0. The second-order valence-corrected chi connectivity index (χ2v) is 10.8.